The van der Waals surface area contributed by atoms with Gasteiger partial charge < -0.3 is 4.90 Å². The zero-order valence-electron chi connectivity index (χ0n) is 10.6. The quantitative estimate of drug-likeness (QED) is 0.477. The Kier molecular flexibility index (Phi) is 8.42. The summed E-state index contributed by atoms with van der Waals surface area (Å²) in [5.41, 5.74) is 0. The highest BCUT2D eigenvalue weighted by atomic mass is 35.7. The largest absolute Gasteiger partial charge is 0.301 e. The lowest BCUT2D eigenvalue weighted by atomic mass is 10.2. The molecule has 0 rings (SSSR count). The number of hydrogen-bond acceptors (Lipinski definition) is 3. The molecule has 0 amide bonds. The van der Waals surface area contributed by atoms with Gasteiger partial charge in [0.05, 0.1) is 5.75 Å². The third-order valence-electron chi connectivity index (χ3n) is 2.61. The Morgan fingerprint density at radius 1 is 1.12 bits per heavy atom. The second kappa shape index (κ2) is 8.31. The monoisotopic (exact) mass is 269 g/mol. The first-order chi connectivity index (χ1) is 7.37. The van der Waals surface area contributed by atoms with Crippen molar-refractivity contribution in [2.24, 2.45) is 0 Å². The Labute approximate surface area is 105 Å². The lowest BCUT2D eigenvalue weighted by Gasteiger charge is -2.26. The molecule has 5 heteroatoms. The molecule has 0 bridgehead atoms. The van der Waals surface area contributed by atoms with Gasteiger partial charge >= 0.3 is 0 Å². The van der Waals surface area contributed by atoms with E-state index in [1.165, 1.54) is 19.3 Å². The molecule has 0 spiro atoms. The summed E-state index contributed by atoms with van der Waals surface area (Å²) in [4.78, 5) is 2.32. The molecule has 0 aromatic rings. The van der Waals surface area contributed by atoms with E-state index in [-0.39, 0.29) is 5.75 Å². The van der Waals surface area contributed by atoms with E-state index < -0.39 is 9.05 Å². The number of unbranched alkanes of at least 4 members (excludes halogenated alkanes) is 2. The van der Waals surface area contributed by atoms with Gasteiger partial charge in [-0.25, -0.2) is 8.42 Å². The zero-order chi connectivity index (χ0) is 12.6. The van der Waals surface area contributed by atoms with Crippen LogP contribution in [0, 0.1) is 0 Å². The molecular formula is C11H24ClNO2S. The van der Waals surface area contributed by atoms with Gasteiger partial charge in [0.1, 0.15) is 0 Å². The van der Waals surface area contributed by atoms with Crippen molar-refractivity contribution in [1.82, 2.24) is 4.90 Å². The van der Waals surface area contributed by atoms with Crippen LogP contribution in [0.5, 0.6) is 0 Å². The lowest BCUT2D eigenvalue weighted by molar-refractivity contribution is 0.218. The number of rotatable bonds is 9. The van der Waals surface area contributed by atoms with E-state index in [1.54, 1.807) is 0 Å². The first-order valence-electron chi connectivity index (χ1n) is 6.03. The molecule has 0 aliphatic carbocycles. The number of halogens is 1. The fraction of sp³-hybridized carbons (Fsp3) is 1.00. The van der Waals surface area contributed by atoms with Crippen molar-refractivity contribution < 1.29 is 8.42 Å². The van der Waals surface area contributed by atoms with Crippen LogP contribution in [0.2, 0.25) is 0 Å². The smallest absolute Gasteiger partial charge is 0.232 e. The second-order valence-electron chi connectivity index (χ2n) is 4.43. The molecule has 0 aromatic carbocycles. The first kappa shape index (κ1) is 16.2. The van der Waals surface area contributed by atoms with Gasteiger partial charge in [-0.2, -0.15) is 0 Å². The van der Waals surface area contributed by atoms with Gasteiger partial charge in [-0.15, -0.1) is 0 Å². The molecule has 98 valence electrons. The van der Waals surface area contributed by atoms with Crippen LogP contribution >= 0.6 is 10.7 Å². The third kappa shape index (κ3) is 9.43. The first-order valence-corrected chi connectivity index (χ1v) is 8.51. The molecule has 0 N–H and O–H groups in total. The Balaban J connectivity index is 3.85. The average molecular weight is 270 g/mol. The molecule has 0 aliphatic heterocycles. The summed E-state index contributed by atoms with van der Waals surface area (Å²) < 4.78 is 21.6. The molecule has 0 saturated carbocycles. The summed E-state index contributed by atoms with van der Waals surface area (Å²) in [5, 5.41) is 0. The maximum atomic E-state index is 10.8. The highest BCUT2D eigenvalue weighted by molar-refractivity contribution is 8.13. The summed E-state index contributed by atoms with van der Waals surface area (Å²) in [7, 11) is 1.85. The fourth-order valence-corrected chi connectivity index (χ4v) is 2.43. The van der Waals surface area contributed by atoms with E-state index in [2.05, 4.69) is 25.7 Å². The number of hydrogen-bond donors (Lipinski definition) is 0. The van der Waals surface area contributed by atoms with E-state index in [0.717, 1.165) is 13.1 Å². The van der Waals surface area contributed by atoms with Gasteiger partial charge in [0, 0.05) is 16.7 Å². The Morgan fingerprint density at radius 2 is 1.69 bits per heavy atom. The minimum atomic E-state index is -3.33. The van der Waals surface area contributed by atoms with Crippen LogP contribution in [0.15, 0.2) is 0 Å². The van der Waals surface area contributed by atoms with Crippen LogP contribution in [-0.2, 0) is 9.05 Å². The van der Waals surface area contributed by atoms with E-state index in [1.807, 2.05) is 0 Å². The summed E-state index contributed by atoms with van der Waals surface area (Å²) in [6.45, 7) is 8.32. The normalized spacial score (nSPS) is 12.6. The molecule has 0 radical (unpaired) electrons. The summed E-state index contributed by atoms with van der Waals surface area (Å²) >= 11 is 0. The van der Waals surface area contributed by atoms with Gasteiger partial charge in [0.25, 0.3) is 0 Å². The van der Waals surface area contributed by atoms with Crippen molar-refractivity contribution in [1.29, 1.82) is 0 Å². The van der Waals surface area contributed by atoms with Crippen LogP contribution in [0.3, 0.4) is 0 Å². The standard InChI is InChI=1S/C11H24ClNO2S/c1-4-5-6-8-13(11(2)3)9-7-10-16(12,14)15/h11H,4-10H2,1-3H3. The molecule has 0 atom stereocenters. The molecule has 0 aliphatic rings. The minimum Gasteiger partial charge on any atom is -0.301 e. The summed E-state index contributed by atoms with van der Waals surface area (Å²) in [5.74, 6) is 0.0750. The molecule has 0 unspecified atom stereocenters. The van der Waals surface area contributed by atoms with Gasteiger partial charge in [0.15, 0.2) is 0 Å². The van der Waals surface area contributed by atoms with Crippen molar-refractivity contribution in [2.75, 3.05) is 18.8 Å². The van der Waals surface area contributed by atoms with E-state index in [0.29, 0.717) is 12.5 Å². The van der Waals surface area contributed by atoms with Gasteiger partial charge in [-0.3, -0.25) is 0 Å². The average Bonchev–Trinajstić information content (AvgIpc) is 2.13. The molecular weight excluding hydrogens is 246 g/mol. The van der Waals surface area contributed by atoms with Crippen LogP contribution in [0.4, 0.5) is 0 Å². The molecule has 0 aromatic heterocycles. The van der Waals surface area contributed by atoms with Crippen molar-refractivity contribution in [3.8, 4) is 0 Å². The van der Waals surface area contributed by atoms with E-state index in [4.69, 9.17) is 10.7 Å². The van der Waals surface area contributed by atoms with Crippen molar-refractivity contribution in [3.63, 3.8) is 0 Å². The van der Waals surface area contributed by atoms with Crippen LogP contribution in [0.1, 0.15) is 46.5 Å². The molecule has 0 fully saturated rings. The van der Waals surface area contributed by atoms with Crippen molar-refractivity contribution in [3.05, 3.63) is 0 Å². The van der Waals surface area contributed by atoms with Crippen molar-refractivity contribution in [2.45, 2.75) is 52.5 Å². The highest BCUT2D eigenvalue weighted by Gasteiger charge is 2.11. The lowest BCUT2D eigenvalue weighted by Crippen LogP contribution is -2.33. The van der Waals surface area contributed by atoms with E-state index in [9.17, 15) is 8.42 Å². The molecule has 16 heavy (non-hydrogen) atoms. The van der Waals surface area contributed by atoms with Crippen molar-refractivity contribution >= 4 is 19.7 Å². The number of nitrogens with zero attached hydrogens (tertiary/aromatic N) is 1. The molecule has 0 saturated heterocycles. The topological polar surface area (TPSA) is 37.4 Å². The SMILES string of the molecule is CCCCCN(CCCS(=O)(=O)Cl)C(C)C. The van der Waals surface area contributed by atoms with Gasteiger partial charge in [-0.05, 0) is 39.8 Å². The highest BCUT2D eigenvalue weighted by Crippen LogP contribution is 2.06. The summed E-state index contributed by atoms with van der Waals surface area (Å²) in [6, 6.07) is 0.467. The minimum absolute atomic E-state index is 0.0750. The maximum Gasteiger partial charge on any atom is 0.232 e. The predicted molar refractivity (Wildman–Crippen MR) is 70.5 cm³/mol. The van der Waals surface area contributed by atoms with Crippen LogP contribution in [0.25, 0.3) is 0 Å². The van der Waals surface area contributed by atoms with Gasteiger partial charge in [0.2, 0.25) is 9.05 Å². The second-order valence-corrected chi connectivity index (χ2v) is 7.33. The van der Waals surface area contributed by atoms with E-state index >= 15 is 0 Å². The Bertz CT molecular complexity index is 265. The fourth-order valence-electron chi connectivity index (χ4n) is 1.63. The molecule has 0 heterocycles. The zero-order valence-corrected chi connectivity index (χ0v) is 12.1. The molecule has 3 nitrogen and oxygen atoms in total. The van der Waals surface area contributed by atoms with Crippen LogP contribution < -0.4 is 0 Å². The Hall–Kier alpha value is 0.200. The third-order valence-corrected chi connectivity index (χ3v) is 3.85. The van der Waals surface area contributed by atoms with Crippen LogP contribution in [-0.4, -0.2) is 38.2 Å². The maximum absolute atomic E-state index is 10.8. The predicted octanol–water partition coefficient (Wildman–Crippen LogP) is 2.85. The summed E-state index contributed by atoms with van der Waals surface area (Å²) in [6.07, 6.45) is 4.25. The van der Waals surface area contributed by atoms with Gasteiger partial charge in [-0.1, -0.05) is 19.8 Å². The Morgan fingerprint density at radius 3 is 2.12 bits per heavy atom.